The van der Waals surface area contributed by atoms with Crippen LogP contribution in [0.25, 0.3) is 0 Å². The number of methoxy groups -OCH3 is 1. The van der Waals surface area contributed by atoms with E-state index in [4.69, 9.17) is 15.2 Å². The maximum Gasteiger partial charge on any atom is 0.219 e. The molecule has 2 aromatic rings. The van der Waals surface area contributed by atoms with E-state index < -0.39 is 0 Å². The second-order valence-electron chi connectivity index (χ2n) is 6.45. The van der Waals surface area contributed by atoms with Gasteiger partial charge >= 0.3 is 0 Å². The van der Waals surface area contributed by atoms with E-state index in [2.05, 4.69) is 16.4 Å². The lowest BCUT2D eigenvalue weighted by atomic mass is 9.80. The normalized spacial score (nSPS) is 15.6. The quantitative estimate of drug-likeness (QED) is 0.844. The Morgan fingerprint density at radius 2 is 2.11 bits per heavy atom. The molecule has 3 N–H and O–H groups in total. The van der Waals surface area contributed by atoms with Crippen LogP contribution in [0.3, 0.4) is 0 Å². The molecule has 27 heavy (non-hydrogen) atoms. The minimum Gasteiger partial charge on any atom is -0.496 e. The van der Waals surface area contributed by atoms with Gasteiger partial charge in [0.05, 0.1) is 31.0 Å². The summed E-state index contributed by atoms with van der Waals surface area (Å²) in [6.07, 6.45) is 1.81. The highest BCUT2D eigenvalue weighted by Crippen LogP contribution is 2.48. The van der Waals surface area contributed by atoms with Gasteiger partial charge in [0.25, 0.3) is 0 Å². The highest BCUT2D eigenvalue weighted by Gasteiger charge is 2.33. The lowest BCUT2D eigenvalue weighted by molar-refractivity contribution is 0.322. The summed E-state index contributed by atoms with van der Waals surface area (Å²) in [5.74, 6) is 1.07. The molecule has 0 radical (unpaired) electrons. The zero-order chi connectivity index (χ0) is 19.6. The van der Waals surface area contributed by atoms with E-state index in [1.54, 1.807) is 19.2 Å². The van der Waals surface area contributed by atoms with Crippen LogP contribution < -0.4 is 20.5 Å². The van der Waals surface area contributed by atoms with Crippen molar-refractivity contribution in [3.63, 3.8) is 0 Å². The van der Waals surface area contributed by atoms with Gasteiger partial charge in [0.2, 0.25) is 5.88 Å². The van der Waals surface area contributed by atoms with Crippen molar-refractivity contribution in [3.8, 4) is 17.7 Å². The molecule has 6 nitrogen and oxygen atoms in total. The fourth-order valence-corrected chi connectivity index (χ4v) is 3.59. The van der Waals surface area contributed by atoms with Crippen LogP contribution in [0, 0.1) is 18.3 Å². The number of hydrogen-bond donors (Lipinski definition) is 2. The van der Waals surface area contributed by atoms with Crippen molar-refractivity contribution < 1.29 is 9.47 Å². The van der Waals surface area contributed by atoms with E-state index in [9.17, 15) is 5.26 Å². The number of allylic oxidation sites excluding steroid dienone is 1. The predicted molar refractivity (Wildman–Crippen MR) is 105 cm³/mol. The summed E-state index contributed by atoms with van der Waals surface area (Å²) < 4.78 is 11.5. The molecule has 0 saturated heterocycles. The molecule has 0 bridgehead atoms. The standard InChI is InChI=1S/C21H24N4O2/c1-5-27-21-19-18(15-7-6-14(9-22)8-17(15)26-4)16(10-23)13(3)25-20(19)12(2)11-24-21/h6-8,11,18,25H,5,10,23H2,1-4H3. The van der Waals surface area contributed by atoms with Gasteiger partial charge in [-0.15, -0.1) is 0 Å². The van der Waals surface area contributed by atoms with Crippen molar-refractivity contribution in [2.24, 2.45) is 5.73 Å². The number of nitriles is 1. The van der Waals surface area contributed by atoms with Crippen LogP contribution in [0.4, 0.5) is 5.69 Å². The summed E-state index contributed by atoms with van der Waals surface area (Å²) in [5, 5.41) is 12.7. The minimum atomic E-state index is -0.164. The smallest absolute Gasteiger partial charge is 0.219 e. The molecule has 1 aliphatic rings. The molecule has 1 aromatic carbocycles. The summed E-state index contributed by atoms with van der Waals surface area (Å²) in [6, 6.07) is 7.64. The van der Waals surface area contributed by atoms with Gasteiger partial charge in [-0.1, -0.05) is 6.07 Å². The largest absolute Gasteiger partial charge is 0.496 e. The average molecular weight is 364 g/mol. The zero-order valence-corrected chi connectivity index (χ0v) is 16.1. The van der Waals surface area contributed by atoms with Crippen molar-refractivity contribution in [1.82, 2.24) is 4.98 Å². The van der Waals surface area contributed by atoms with E-state index in [1.165, 1.54) is 0 Å². The molecule has 0 spiro atoms. The van der Waals surface area contributed by atoms with Gasteiger partial charge in [-0.2, -0.15) is 5.26 Å². The number of anilines is 1. The van der Waals surface area contributed by atoms with Crippen LogP contribution in [0.2, 0.25) is 0 Å². The SMILES string of the molecule is CCOc1ncc(C)c2c1C(c1ccc(C#N)cc1OC)C(CN)=C(C)N2. The van der Waals surface area contributed by atoms with Gasteiger partial charge in [0, 0.05) is 35.5 Å². The zero-order valence-electron chi connectivity index (χ0n) is 16.1. The molecular formula is C21H24N4O2. The third-order valence-corrected chi connectivity index (χ3v) is 4.88. The number of rotatable bonds is 5. The summed E-state index contributed by atoms with van der Waals surface area (Å²) in [5.41, 5.74) is 12.6. The monoisotopic (exact) mass is 364 g/mol. The van der Waals surface area contributed by atoms with Crippen LogP contribution in [-0.4, -0.2) is 25.2 Å². The van der Waals surface area contributed by atoms with Gasteiger partial charge in [-0.25, -0.2) is 4.98 Å². The number of hydrogen-bond acceptors (Lipinski definition) is 6. The molecule has 0 amide bonds. The first-order valence-corrected chi connectivity index (χ1v) is 8.92. The topological polar surface area (TPSA) is 93.2 Å². The number of pyridine rings is 1. The molecule has 140 valence electrons. The Bertz CT molecular complexity index is 944. The van der Waals surface area contributed by atoms with Crippen LogP contribution in [-0.2, 0) is 0 Å². The molecule has 1 aromatic heterocycles. The van der Waals surface area contributed by atoms with E-state index in [0.29, 0.717) is 30.3 Å². The number of ether oxygens (including phenoxy) is 2. The third-order valence-electron chi connectivity index (χ3n) is 4.88. The lowest BCUT2D eigenvalue weighted by Crippen LogP contribution is -2.25. The highest BCUT2D eigenvalue weighted by atomic mass is 16.5. The van der Waals surface area contributed by atoms with Crippen molar-refractivity contribution in [2.75, 3.05) is 25.6 Å². The van der Waals surface area contributed by atoms with Gasteiger partial charge in [0.15, 0.2) is 0 Å². The Balaban J connectivity index is 2.32. The molecular weight excluding hydrogens is 340 g/mol. The number of fused-ring (bicyclic) bond motifs is 1. The second kappa shape index (κ2) is 7.68. The van der Waals surface area contributed by atoms with Crippen molar-refractivity contribution >= 4 is 5.69 Å². The first kappa shape index (κ1) is 18.7. The van der Waals surface area contributed by atoms with Crippen molar-refractivity contribution in [1.29, 1.82) is 5.26 Å². The number of nitrogens with zero attached hydrogens (tertiary/aromatic N) is 2. The molecule has 1 aliphatic heterocycles. The maximum absolute atomic E-state index is 9.23. The molecule has 3 rings (SSSR count). The predicted octanol–water partition coefficient (Wildman–Crippen LogP) is 3.46. The first-order chi connectivity index (χ1) is 13.0. The van der Waals surface area contributed by atoms with E-state index in [0.717, 1.165) is 33.6 Å². The molecule has 0 fully saturated rings. The number of aryl methyl sites for hydroxylation is 1. The Kier molecular flexibility index (Phi) is 5.33. The number of nitrogens with one attached hydrogen (secondary N) is 1. The summed E-state index contributed by atoms with van der Waals surface area (Å²) in [6.45, 7) is 6.87. The lowest BCUT2D eigenvalue weighted by Gasteiger charge is -2.33. The van der Waals surface area contributed by atoms with E-state index in [1.807, 2.05) is 33.0 Å². The number of benzene rings is 1. The van der Waals surface area contributed by atoms with Crippen LogP contribution >= 0.6 is 0 Å². The Morgan fingerprint density at radius 3 is 2.74 bits per heavy atom. The molecule has 0 aliphatic carbocycles. The second-order valence-corrected chi connectivity index (χ2v) is 6.45. The van der Waals surface area contributed by atoms with Crippen molar-refractivity contribution in [3.05, 3.63) is 57.9 Å². The minimum absolute atomic E-state index is 0.164. The first-order valence-electron chi connectivity index (χ1n) is 8.92. The van der Waals surface area contributed by atoms with E-state index in [-0.39, 0.29) is 5.92 Å². The molecule has 1 atom stereocenters. The van der Waals surface area contributed by atoms with Gasteiger partial charge in [-0.05, 0) is 44.0 Å². The van der Waals surface area contributed by atoms with Crippen LogP contribution in [0.1, 0.15) is 42.0 Å². The summed E-state index contributed by atoms with van der Waals surface area (Å²) >= 11 is 0. The van der Waals surface area contributed by atoms with Crippen LogP contribution in [0.15, 0.2) is 35.7 Å². The molecule has 2 heterocycles. The van der Waals surface area contributed by atoms with Gasteiger partial charge in [0.1, 0.15) is 5.75 Å². The summed E-state index contributed by atoms with van der Waals surface area (Å²) in [7, 11) is 1.61. The van der Waals surface area contributed by atoms with Gasteiger partial charge < -0.3 is 20.5 Å². The Hall–Kier alpha value is -3.04. The molecule has 1 unspecified atom stereocenters. The molecule has 0 saturated carbocycles. The fraction of sp³-hybridized carbons (Fsp3) is 0.333. The highest BCUT2D eigenvalue weighted by molar-refractivity contribution is 5.72. The number of nitrogens with two attached hydrogens (primary N) is 1. The molecule has 6 heteroatoms. The maximum atomic E-state index is 9.23. The van der Waals surface area contributed by atoms with Crippen molar-refractivity contribution in [2.45, 2.75) is 26.7 Å². The summed E-state index contributed by atoms with van der Waals surface area (Å²) in [4.78, 5) is 4.52. The fourth-order valence-electron chi connectivity index (χ4n) is 3.59. The van der Waals surface area contributed by atoms with Crippen LogP contribution in [0.5, 0.6) is 11.6 Å². The Morgan fingerprint density at radius 1 is 1.33 bits per heavy atom. The van der Waals surface area contributed by atoms with Gasteiger partial charge in [-0.3, -0.25) is 0 Å². The Labute approximate surface area is 159 Å². The van der Waals surface area contributed by atoms with E-state index >= 15 is 0 Å². The third kappa shape index (κ3) is 3.22. The number of aromatic nitrogens is 1. The average Bonchev–Trinajstić information content (AvgIpc) is 2.69.